The minimum atomic E-state index is -1.25. The highest BCUT2D eigenvalue weighted by Crippen LogP contribution is 2.34. The summed E-state index contributed by atoms with van der Waals surface area (Å²) < 4.78 is 6.28. The van der Waals surface area contributed by atoms with Gasteiger partial charge in [-0.15, -0.1) is 11.3 Å². The summed E-state index contributed by atoms with van der Waals surface area (Å²) in [5.41, 5.74) is 0.285. The van der Waals surface area contributed by atoms with Gasteiger partial charge in [0, 0.05) is 4.70 Å². The summed E-state index contributed by atoms with van der Waals surface area (Å²) in [6.07, 6.45) is 0. The molecule has 4 aromatic rings. The zero-order chi connectivity index (χ0) is 23.3. The van der Waals surface area contributed by atoms with Crippen LogP contribution in [0.5, 0.6) is 5.75 Å². The van der Waals surface area contributed by atoms with Crippen molar-refractivity contribution in [3.63, 3.8) is 0 Å². The second kappa shape index (κ2) is 7.71. The van der Waals surface area contributed by atoms with Crippen molar-refractivity contribution in [2.24, 2.45) is 0 Å². The second-order valence-electron chi connectivity index (χ2n) is 8.35. The number of carbonyl (C=O) groups excluding carboxylic acids is 3. The number of imide groups is 1. The van der Waals surface area contributed by atoms with E-state index in [2.05, 4.69) is 5.32 Å². The number of amides is 3. The van der Waals surface area contributed by atoms with Gasteiger partial charge in [0.1, 0.15) is 11.3 Å². The monoisotopic (exact) mass is 458 g/mol. The minimum Gasteiger partial charge on any atom is -0.497 e. The second-order valence-corrected chi connectivity index (χ2v) is 9.40. The molecule has 5 rings (SSSR count). The van der Waals surface area contributed by atoms with Crippen LogP contribution < -0.4 is 10.1 Å². The van der Waals surface area contributed by atoms with Crippen molar-refractivity contribution in [2.45, 2.75) is 19.4 Å². The van der Waals surface area contributed by atoms with Gasteiger partial charge in [0.15, 0.2) is 5.78 Å². The molecule has 1 aromatic heterocycles. The first-order chi connectivity index (χ1) is 15.8. The number of aryl methyl sites for hydroxylation is 1. The summed E-state index contributed by atoms with van der Waals surface area (Å²) in [5, 5.41) is 5.70. The number of ether oxygens (including phenoxy) is 1. The van der Waals surface area contributed by atoms with Crippen LogP contribution in [0.2, 0.25) is 0 Å². The summed E-state index contributed by atoms with van der Waals surface area (Å²) in [7, 11) is 1.61. The van der Waals surface area contributed by atoms with E-state index in [9.17, 15) is 14.4 Å². The van der Waals surface area contributed by atoms with Gasteiger partial charge < -0.3 is 10.1 Å². The number of carbonyl (C=O) groups is 3. The lowest BCUT2D eigenvalue weighted by Crippen LogP contribution is -2.41. The van der Waals surface area contributed by atoms with Crippen LogP contribution in [-0.2, 0) is 10.3 Å². The Labute approximate surface area is 194 Å². The van der Waals surface area contributed by atoms with Gasteiger partial charge in [-0.05, 0) is 65.4 Å². The van der Waals surface area contributed by atoms with E-state index in [1.54, 1.807) is 14.0 Å². The van der Waals surface area contributed by atoms with Crippen LogP contribution in [0.4, 0.5) is 4.79 Å². The van der Waals surface area contributed by atoms with Crippen molar-refractivity contribution < 1.29 is 19.1 Å². The summed E-state index contributed by atoms with van der Waals surface area (Å²) >= 11 is 1.39. The molecule has 0 saturated carbocycles. The lowest BCUT2D eigenvalue weighted by atomic mass is 9.90. The zero-order valence-electron chi connectivity index (χ0n) is 18.5. The summed E-state index contributed by atoms with van der Waals surface area (Å²) in [6.45, 7) is 3.28. The van der Waals surface area contributed by atoms with Gasteiger partial charge in [-0.1, -0.05) is 36.4 Å². The predicted octanol–water partition coefficient (Wildman–Crippen LogP) is 5.02. The van der Waals surface area contributed by atoms with Gasteiger partial charge in [-0.3, -0.25) is 14.5 Å². The Hall–Kier alpha value is -3.71. The SMILES string of the molecule is COc1ccc2cc(C3(C)NC(=O)N(CC(=O)c4sc5ccccc5c4C)C3=O)ccc2c1. The number of rotatable bonds is 5. The smallest absolute Gasteiger partial charge is 0.325 e. The third kappa shape index (κ3) is 3.36. The lowest BCUT2D eigenvalue weighted by molar-refractivity contribution is -0.130. The van der Waals surface area contributed by atoms with E-state index >= 15 is 0 Å². The van der Waals surface area contributed by atoms with Crippen LogP contribution in [0.3, 0.4) is 0 Å². The van der Waals surface area contributed by atoms with Crippen molar-refractivity contribution in [1.29, 1.82) is 0 Å². The first kappa shape index (κ1) is 21.2. The molecule has 0 radical (unpaired) electrons. The highest BCUT2D eigenvalue weighted by molar-refractivity contribution is 7.21. The van der Waals surface area contributed by atoms with E-state index in [1.807, 2.05) is 67.6 Å². The molecular weight excluding hydrogens is 436 g/mol. The summed E-state index contributed by atoms with van der Waals surface area (Å²) in [5.74, 6) is 0.0625. The van der Waals surface area contributed by atoms with Crippen LogP contribution in [0, 0.1) is 6.92 Å². The first-order valence-electron chi connectivity index (χ1n) is 10.6. The number of hydrogen-bond acceptors (Lipinski definition) is 5. The third-order valence-electron chi connectivity index (χ3n) is 6.30. The van der Waals surface area contributed by atoms with E-state index in [4.69, 9.17) is 4.74 Å². The summed E-state index contributed by atoms with van der Waals surface area (Å²) in [4.78, 5) is 40.8. The van der Waals surface area contributed by atoms with Crippen LogP contribution in [-0.4, -0.2) is 36.3 Å². The van der Waals surface area contributed by atoms with Gasteiger partial charge in [-0.2, -0.15) is 0 Å². The molecule has 1 aliphatic heterocycles. The average Bonchev–Trinajstić information content (AvgIpc) is 3.27. The molecule has 0 bridgehead atoms. The number of ketones is 1. The number of hydrogen-bond donors (Lipinski definition) is 1. The van der Waals surface area contributed by atoms with E-state index in [1.165, 1.54) is 11.3 Å². The summed E-state index contributed by atoms with van der Waals surface area (Å²) in [6, 6.07) is 18.5. The van der Waals surface area contributed by atoms with E-state index in [0.29, 0.717) is 10.4 Å². The highest BCUT2D eigenvalue weighted by atomic mass is 32.1. The number of thiophene rings is 1. The van der Waals surface area contributed by atoms with Gasteiger partial charge in [0.05, 0.1) is 18.5 Å². The Bertz CT molecular complexity index is 1460. The fraction of sp³-hybridized carbons (Fsp3) is 0.192. The molecule has 166 valence electrons. The maximum Gasteiger partial charge on any atom is 0.325 e. The van der Waals surface area contributed by atoms with E-state index < -0.39 is 17.5 Å². The highest BCUT2D eigenvalue weighted by Gasteiger charge is 2.49. The molecule has 3 aromatic carbocycles. The minimum absolute atomic E-state index is 0.243. The van der Waals surface area contributed by atoms with Gasteiger partial charge in [0.25, 0.3) is 5.91 Å². The standard InChI is InChI=1S/C26H22N2O4S/c1-15-20-6-4-5-7-22(20)33-23(15)21(29)14-28-24(30)26(2,27-25(28)31)18-10-8-17-13-19(32-3)11-9-16(17)12-18/h4-13H,14H2,1-3H3,(H,27,31). The maximum absolute atomic E-state index is 13.4. The molecule has 33 heavy (non-hydrogen) atoms. The van der Waals surface area contributed by atoms with Crippen LogP contribution >= 0.6 is 11.3 Å². The number of methoxy groups -OCH3 is 1. The van der Waals surface area contributed by atoms with Crippen molar-refractivity contribution in [3.05, 3.63) is 76.7 Å². The number of fused-ring (bicyclic) bond motifs is 2. The zero-order valence-corrected chi connectivity index (χ0v) is 19.3. The van der Waals surface area contributed by atoms with Crippen LogP contribution in [0.25, 0.3) is 20.9 Å². The predicted molar refractivity (Wildman–Crippen MR) is 129 cm³/mol. The van der Waals surface area contributed by atoms with Crippen molar-refractivity contribution in [1.82, 2.24) is 10.2 Å². The molecule has 1 saturated heterocycles. The maximum atomic E-state index is 13.4. The Morgan fingerprint density at radius 3 is 2.55 bits per heavy atom. The van der Waals surface area contributed by atoms with Crippen molar-refractivity contribution >= 4 is 49.9 Å². The number of urea groups is 1. The Kier molecular flexibility index (Phi) is 4.94. The van der Waals surface area contributed by atoms with Gasteiger partial charge >= 0.3 is 6.03 Å². The van der Waals surface area contributed by atoms with Crippen LogP contribution in [0.15, 0.2) is 60.7 Å². The van der Waals surface area contributed by atoms with E-state index in [-0.39, 0.29) is 12.3 Å². The Morgan fingerprint density at radius 2 is 1.79 bits per heavy atom. The molecule has 0 aliphatic carbocycles. The normalized spacial score (nSPS) is 18.2. The fourth-order valence-corrected chi connectivity index (χ4v) is 5.49. The molecule has 0 spiro atoms. The first-order valence-corrected chi connectivity index (χ1v) is 11.4. The molecule has 1 N–H and O–H groups in total. The third-order valence-corrected chi connectivity index (χ3v) is 7.61. The number of benzene rings is 3. The topological polar surface area (TPSA) is 75.7 Å². The molecule has 1 atom stereocenters. The van der Waals surface area contributed by atoms with Crippen molar-refractivity contribution in [2.75, 3.05) is 13.7 Å². The Balaban J connectivity index is 1.44. The fourth-order valence-electron chi connectivity index (χ4n) is 4.35. The number of nitrogens with one attached hydrogen (secondary N) is 1. The molecule has 1 fully saturated rings. The van der Waals surface area contributed by atoms with Crippen LogP contribution in [0.1, 0.15) is 27.7 Å². The molecule has 6 nitrogen and oxygen atoms in total. The van der Waals surface area contributed by atoms with Gasteiger partial charge in [-0.25, -0.2) is 4.79 Å². The molecule has 7 heteroatoms. The average molecular weight is 459 g/mol. The molecule has 1 unspecified atom stereocenters. The molecular formula is C26H22N2O4S. The number of Topliss-reactive ketones (excluding diaryl/α,β-unsaturated/α-hetero) is 1. The largest absolute Gasteiger partial charge is 0.497 e. The lowest BCUT2D eigenvalue weighted by Gasteiger charge is -2.22. The number of nitrogens with zero attached hydrogens (tertiary/aromatic N) is 1. The Morgan fingerprint density at radius 1 is 1.06 bits per heavy atom. The van der Waals surface area contributed by atoms with Gasteiger partial charge in [0.2, 0.25) is 0 Å². The van der Waals surface area contributed by atoms with E-state index in [0.717, 1.165) is 37.1 Å². The van der Waals surface area contributed by atoms with Crippen molar-refractivity contribution in [3.8, 4) is 5.75 Å². The molecule has 2 heterocycles. The molecule has 3 amide bonds. The quantitative estimate of drug-likeness (QED) is 0.337. The molecule has 1 aliphatic rings.